The molecule has 3 rings (SSSR count). The van der Waals surface area contributed by atoms with Gasteiger partial charge >= 0.3 is 0 Å². The second-order valence-corrected chi connectivity index (χ2v) is 6.82. The Labute approximate surface area is 150 Å². The zero-order chi connectivity index (χ0) is 16.9. The van der Waals surface area contributed by atoms with Crippen molar-refractivity contribution in [2.24, 2.45) is 0 Å². The van der Waals surface area contributed by atoms with Gasteiger partial charge in [-0.2, -0.15) is 0 Å². The second kappa shape index (κ2) is 7.62. The van der Waals surface area contributed by atoms with Crippen LogP contribution in [0.2, 0.25) is 0 Å². The first-order valence-corrected chi connectivity index (χ1v) is 8.86. The highest BCUT2D eigenvalue weighted by Crippen LogP contribution is 2.24. The van der Waals surface area contributed by atoms with Crippen LogP contribution in [0.4, 0.5) is 11.4 Å². The average molecular weight is 387 g/mol. The fraction of sp³-hybridized carbons (Fsp3) is 0.263. The molecule has 1 fully saturated rings. The van der Waals surface area contributed by atoms with Gasteiger partial charge in [-0.05, 0) is 48.7 Å². The summed E-state index contributed by atoms with van der Waals surface area (Å²) in [6.45, 7) is 0.745. The van der Waals surface area contributed by atoms with Crippen molar-refractivity contribution in [1.82, 2.24) is 0 Å². The zero-order valence-electron chi connectivity index (χ0n) is 13.3. The largest absolute Gasteiger partial charge is 0.326 e. The lowest BCUT2D eigenvalue weighted by atomic mass is 10.1. The highest BCUT2D eigenvalue weighted by atomic mass is 79.9. The minimum absolute atomic E-state index is 0.0700. The summed E-state index contributed by atoms with van der Waals surface area (Å²) in [6.07, 6.45) is 2.89. The average Bonchev–Trinajstić information content (AvgIpc) is 2.57. The number of benzene rings is 2. The molecule has 0 atom stereocenters. The molecule has 1 aliphatic heterocycles. The lowest BCUT2D eigenvalue weighted by Crippen LogP contribution is -2.35. The minimum atomic E-state index is -0.0700. The summed E-state index contributed by atoms with van der Waals surface area (Å²) >= 11 is 3.38. The summed E-state index contributed by atoms with van der Waals surface area (Å²) in [6, 6.07) is 15.2. The molecular formula is C19H19BrN2O2. The molecule has 4 nitrogen and oxygen atoms in total. The Morgan fingerprint density at radius 1 is 1.12 bits per heavy atom. The molecule has 1 aliphatic rings. The van der Waals surface area contributed by atoms with Crippen LogP contribution in [0, 0.1) is 0 Å². The van der Waals surface area contributed by atoms with E-state index in [-0.39, 0.29) is 11.8 Å². The fourth-order valence-corrected chi connectivity index (χ4v) is 3.09. The maximum absolute atomic E-state index is 12.2. The molecule has 2 aromatic rings. The van der Waals surface area contributed by atoms with Gasteiger partial charge in [-0.3, -0.25) is 9.59 Å². The Hall–Kier alpha value is -2.14. The fourth-order valence-electron chi connectivity index (χ4n) is 2.82. The molecule has 0 aromatic heterocycles. The van der Waals surface area contributed by atoms with Crippen LogP contribution in [0.15, 0.2) is 53.0 Å². The molecule has 124 valence electrons. The highest BCUT2D eigenvalue weighted by Gasteiger charge is 2.19. The summed E-state index contributed by atoms with van der Waals surface area (Å²) in [5.74, 6) is 0.0824. The zero-order valence-corrected chi connectivity index (χ0v) is 14.9. The Morgan fingerprint density at radius 2 is 1.92 bits per heavy atom. The van der Waals surface area contributed by atoms with Gasteiger partial charge in [0.2, 0.25) is 11.8 Å². The van der Waals surface area contributed by atoms with Crippen LogP contribution >= 0.6 is 15.9 Å². The van der Waals surface area contributed by atoms with Crippen LogP contribution in [-0.4, -0.2) is 18.4 Å². The highest BCUT2D eigenvalue weighted by molar-refractivity contribution is 9.10. The van der Waals surface area contributed by atoms with Crippen molar-refractivity contribution in [3.05, 3.63) is 58.6 Å². The number of hydrogen-bond acceptors (Lipinski definition) is 2. The maximum Gasteiger partial charge on any atom is 0.228 e. The number of nitrogens with one attached hydrogen (secondary N) is 1. The number of carbonyl (C=O) groups excluding carboxylic acids is 2. The van der Waals surface area contributed by atoms with Crippen LogP contribution < -0.4 is 10.2 Å². The van der Waals surface area contributed by atoms with E-state index in [1.165, 1.54) is 0 Å². The van der Waals surface area contributed by atoms with Crippen LogP contribution in [0.5, 0.6) is 0 Å². The molecule has 1 N–H and O–H groups in total. The normalized spacial score (nSPS) is 14.5. The molecule has 0 spiro atoms. The number of carbonyl (C=O) groups is 2. The van der Waals surface area contributed by atoms with Crippen molar-refractivity contribution in [3.8, 4) is 0 Å². The van der Waals surface area contributed by atoms with Crippen LogP contribution in [-0.2, 0) is 16.0 Å². The van der Waals surface area contributed by atoms with Crippen LogP contribution in [0.3, 0.4) is 0 Å². The number of anilines is 2. The van der Waals surface area contributed by atoms with Crippen molar-refractivity contribution in [1.29, 1.82) is 0 Å². The summed E-state index contributed by atoms with van der Waals surface area (Å²) in [4.78, 5) is 26.0. The third kappa shape index (κ3) is 4.23. The molecule has 0 bridgehead atoms. The van der Waals surface area contributed by atoms with E-state index >= 15 is 0 Å². The smallest absolute Gasteiger partial charge is 0.228 e. The molecule has 0 aliphatic carbocycles. The SMILES string of the molecule is O=C(Cc1ccc(Br)cc1)Nc1cccc(N2CCCCC2=O)c1. The number of amides is 2. The van der Waals surface area contributed by atoms with Gasteiger partial charge in [0.15, 0.2) is 0 Å². The van der Waals surface area contributed by atoms with E-state index in [4.69, 9.17) is 0 Å². The molecule has 1 saturated heterocycles. The first-order valence-electron chi connectivity index (χ1n) is 8.06. The Bertz CT molecular complexity index is 743. The lowest BCUT2D eigenvalue weighted by molar-refractivity contribution is -0.119. The van der Waals surface area contributed by atoms with Crippen molar-refractivity contribution in [2.45, 2.75) is 25.7 Å². The molecule has 1 heterocycles. The van der Waals surface area contributed by atoms with Gasteiger partial charge in [0, 0.05) is 28.8 Å². The Morgan fingerprint density at radius 3 is 2.67 bits per heavy atom. The predicted molar refractivity (Wildman–Crippen MR) is 99.1 cm³/mol. The van der Waals surface area contributed by atoms with E-state index in [0.29, 0.717) is 18.5 Å². The van der Waals surface area contributed by atoms with Gasteiger partial charge in [0.05, 0.1) is 6.42 Å². The van der Waals surface area contributed by atoms with E-state index in [2.05, 4.69) is 21.2 Å². The molecule has 2 aromatic carbocycles. The first-order chi connectivity index (χ1) is 11.6. The van der Waals surface area contributed by atoms with Gasteiger partial charge in [-0.1, -0.05) is 34.1 Å². The number of nitrogens with zero attached hydrogens (tertiary/aromatic N) is 1. The quantitative estimate of drug-likeness (QED) is 0.857. The molecular weight excluding hydrogens is 368 g/mol. The molecule has 0 unspecified atom stereocenters. The van der Waals surface area contributed by atoms with Gasteiger partial charge in [-0.25, -0.2) is 0 Å². The van der Waals surface area contributed by atoms with Gasteiger partial charge in [0.25, 0.3) is 0 Å². The summed E-state index contributed by atoms with van der Waals surface area (Å²) in [5, 5.41) is 2.91. The molecule has 2 amide bonds. The maximum atomic E-state index is 12.2. The second-order valence-electron chi connectivity index (χ2n) is 5.90. The van der Waals surface area contributed by atoms with Crippen molar-refractivity contribution >= 4 is 39.1 Å². The number of hydrogen-bond donors (Lipinski definition) is 1. The number of piperidine rings is 1. The summed E-state index contributed by atoms with van der Waals surface area (Å²) < 4.78 is 0.991. The van der Waals surface area contributed by atoms with Gasteiger partial charge in [-0.15, -0.1) is 0 Å². The molecule has 5 heteroatoms. The first kappa shape index (κ1) is 16.7. The third-order valence-electron chi connectivity index (χ3n) is 4.04. The summed E-state index contributed by atoms with van der Waals surface area (Å²) in [5.41, 5.74) is 2.52. The number of rotatable bonds is 4. The van der Waals surface area contributed by atoms with Gasteiger partial charge in [0.1, 0.15) is 0 Å². The molecule has 0 radical (unpaired) electrons. The van der Waals surface area contributed by atoms with E-state index in [1.807, 2.05) is 48.5 Å². The Kier molecular flexibility index (Phi) is 5.30. The number of halogens is 1. The van der Waals surface area contributed by atoms with Crippen LogP contribution in [0.25, 0.3) is 0 Å². The molecule has 0 saturated carbocycles. The standard InChI is InChI=1S/C19H19BrN2O2/c20-15-9-7-14(8-10-15)12-18(23)21-16-4-3-5-17(13-16)22-11-2-1-6-19(22)24/h3-5,7-10,13H,1-2,6,11-12H2,(H,21,23). The van der Waals surface area contributed by atoms with Crippen molar-refractivity contribution in [2.75, 3.05) is 16.8 Å². The lowest BCUT2D eigenvalue weighted by Gasteiger charge is -2.27. The van der Waals surface area contributed by atoms with E-state index in [1.54, 1.807) is 4.90 Å². The predicted octanol–water partition coefficient (Wildman–Crippen LogP) is 4.15. The third-order valence-corrected chi connectivity index (χ3v) is 4.57. The van der Waals surface area contributed by atoms with E-state index in [9.17, 15) is 9.59 Å². The van der Waals surface area contributed by atoms with Crippen LogP contribution in [0.1, 0.15) is 24.8 Å². The Balaban J connectivity index is 1.66. The monoisotopic (exact) mass is 386 g/mol. The topological polar surface area (TPSA) is 49.4 Å². The van der Waals surface area contributed by atoms with Gasteiger partial charge < -0.3 is 10.2 Å². The van der Waals surface area contributed by atoms with E-state index < -0.39 is 0 Å². The van der Waals surface area contributed by atoms with Crippen molar-refractivity contribution in [3.63, 3.8) is 0 Å². The molecule has 24 heavy (non-hydrogen) atoms. The van der Waals surface area contributed by atoms with Crippen molar-refractivity contribution < 1.29 is 9.59 Å². The minimum Gasteiger partial charge on any atom is -0.326 e. The summed E-state index contributed by atoms with van der Waals surface area (Å²) in [7, 11) is 0. The van der Waals surface area contributed by atoms with E-state index in [0.717, 1.165) is 35.1 Å².